The van der Waals surface area contributed by atoms with Crippen LogP contribution in [0.2, 0.25) is 0 Å². The Morgan fingerprint density at radius 3 is 3.20 bits per heavy atom. The van der Waals surface area contributed by atoms with E-state index in [9.17, 15) is 4.79 Å². The number of ether oxygens (including phenoxy) is 1. The average Bonchev–Trinajstić information content (AvgIpc) is 2.69. The quantitative estimate of drug-likeness (QED) is 0.784. The zero-order valence-electron chi connectivity index (χ0n) is 11.6. The first-order valence-corrected chi connectivity index (χ1v) is 6.81. The van der Waals surface area contributed by atoms with Crippen LogP contribution in [0.25, 0.3) is 0 Å². The molecule has 1 fully saturated rings. The third-order valence-corrected chi connectivity index (χ3v) is 3.16. The zero-order chi connectivity index (χ0) is 14.4. The fraction of sp³-hybridized carbons (Fsp3) is 0.438. The third-order valence-electron chi connectivity index (χ3n) is 3.16. The van der Waals surface area contributed by atoms with Crippen molar-refractivity contribution < 1.29 is 14.6 Å². The Balaban J connectivity index is 2.15. The minimum absolute atomic E-state index is 0.00926. The highest BCUT2D eigenvalue weighted by molar-refractivity contribution is 5.94. The second kappa shape index (κ2) is 7.09. The molecule has 4 heteroatoms. The zero-order valence-corrected chi connectivity index (χ0v) is 11.6. The molecule has 1 N–H and O–H groups in total. The Morgan fingerprint density at radius 1 is 1.55 bits per heavy atom. The van der Waals surface area contributed by atoms with Gasteiger partial charge in [-0.15, -0.1) is 0 Å². The standard InChI is InChI=1S/C16H19NO3/c1-13-12-17(8-4-10-20-13)16(19)15-7-2-5-14(11-15)6-3-9-18/h2,5,7,11,13,18H,4,8-10,12H2,1H3. The molecule has 1 heterocycles. The summed E-state index contributed by atoms with van der Waals surface area (Å²) in [5.41, 5.74) is 1.37. The van der Waals surface area contributed by atoms with Gasteiger partial charge in [-0.2, -0.15) is 0 Å². The van der Waals surface area contributed by atoms with E-state index >= 15 is 0 Å². The topological polar surface area (TPSA) is 49.8 Å². The van der Waals surface area contributed by atoms with Crippen molar-refractivity contribution in [3.05, 3.63) is 35.4 Å². The summed E-state index contributed by atoms with van der Waals surface area (Å²) in [4.78, 5) is 14.3. The lowest BCUT2D eigenvalue weighted by Crippen LogP contribution is -2.35. The predicted molar refractivity (Wildman–Crippen MR) is 76.3 cm³/mol. The molecule has 0 bridgehead atoms. The van der Waals surface area contributed by atoms with Crippen molar-refractivity contribution in [1.29, 1.82) is 0 Å². The van der Waals surface area contributed by atoms with E-state index in [-0.39, 0.29) is 18.6 Å². The number of hydrogen-bond acceptors (Lipinski definition) is 3. The molecule has 0 saturated carbocycles. The maximum absolute atomic E-state index is 12.5. The monoisotopic (exact) mass is 273 g/mol. The van der Waals surface area contributed by atoms with Gasteiger partial charge in [0.15, 0.2) is 0 Å². The number of aliphatic hydroxyl groups is 1. The summed E-state index contributed by atoms with van der Waals surface area (Å²) in [6.07, 6.45) is 0.930. The van der Waals surface area contributed by atoms with Gasteiger partial charge in [0.05, 0.1) is 6.10 Å². The van der Waals surface area contributed by atoms with Crippen LogP contribution in [0.4, 0.5) is 0 Å². The maximum atomic E-state index is 12.5. The molecule has 1 atom stereocenters. The van der Waals surface area contributed by atoms with E-state index in [1.54, 1.807) is 12.1 Å². The van der Waals surface area contributed by atoms with Crippen molar-refractivity contribution in [3.8, 4) is 11.8 Å². The lowest BCUT2D eigenvalue weighted by atomic mass is 10.1. The van der Waals surface area contributed by atoms with Crippen LogP contribution in [0.3, 0.4) is 0 Å². The Bertz CT molecular complexity index is 530. The van der Waals surface area contributed by atoms with Crippen molar-refractivity contribution in [2.24, 2.45) is 0 Å². The molecule has 1 aromatic carbocycles. The van der Waals surface area contributed by atoms with E-state index in [0.29, 0.717) is 18.7 Å². The molecule has 1 aromatic rings. The average molecular weight is 273 g/mol. The molecule has 1 saturated heterocycles. The number of carbonyl (C=O) groups is 1. The Kier molecular flexibility index (Phi) is 5.16. The van der Waals surface area contributed by atoms with Crippen molar-refractivity contribution >= 4 is 5.91 Å². The SMILES string of the molecule is CC1CN(C(=O)c2cccc(C#CCO)c2)CCCO1. The van der Waals surface area contributed by atoms with Crippen LogP contribution in [0.15, 0.2) is 24.3 Å². The molecule has 106 valence electrons. The van der Waals surface area contributed by atoms with E-state index in [1.807, 2.05) is 24.0 Å². The van der Waals surface area contributed by atoms with Crippen LogP contribution in [-0.4, -0.2) is 48.3 Å². The summed E-state index contributed by atoms with van der Waals surface area (Å²) in [5.74, 6) is 5.42. The number of aliphatic hydroxyl groups excluding tert-OH is 1. The molecule has 4 nitrogen and oxygen atoms in total. The summed E-state index contributed by atoms with van der Waals surface area (Å²) in [5, 5.41) is 8.71. The van der Waals surface area contributed by atoms with Gasteiger partial charge in [-0.25, -0.2) is 0 Å². The number of benzene rings is 1. The second-order valence-electron chi connectivity index (χ2n) is 4.83. The molecule has 2 rings (SSSR count). The minimum atomic E-state index is -0.181. The number of amides is 1. The summed E-state index contributed by atoms with van der Waals surface area (Å²) >= 11 is 0. The molecule has 0 spiro atoms. The molecule has 20 heavy (non-hydrogen) atoms. The first-order chi connectivity index (χ1) is 9.70. The fourth-order valence-electron chi connectivity index (χ4n) is 2.23. The summed E-state index contributed by atoms with van der Waals surface area (Å²) in [7, 11) is 0. The van der Waals surface area contributed by atoms with Gasteiger partial charge in [0.2, 0.25) is 0 Å². The largest absolute Gasteiger partial charge is 0.384 e. The van der Waals surface area contributed by atoms with Gasteiger partial charge in [-0.3, -0.25) is 4.79 Å². The van der Waals surface area contributed by atoms with Gasteiger partial charge >= 0.3 is 0 Å². The first kappa shape index (κ1) is 14.6. The molecule has 1 aliphatic rings. The van der Waals surface area contributed by atoms with Crippen molar-refractivity contribution in [2.45, 2.75) is 19.4 Å². The highest BCUT2D eigenvalue weighted by atomic mass is 16.5. The molecule has 0 radical (unpaired) electrons. The lowest BCUT2D eigenvalue weighted by molar-refractivity contribution is 0.0562. The van der Waals surface area contributed by atoms with Crippen molar-refractivity contribution in [2.75, 3.05) is 26.3 Å². The normalized spacial score (nSPS) is 18.9. The maximum Gasteiger partial charge on any atom is 0.253 e. The minimum Gasteiger partial charge on any atom is -0.384 e. The Labute approximate surface area is 119 Å². The number of hydrogen-bond donors (Lipinski definition) is 1. The van der Waals surface area contributed by atoms with Crippen LogP contribution < -0.4 is 0 Å². The predicted octanol–water partition coefficient (Wildman–Crippen LogP) is 1.28. The van der Waals surface area contributed by atoms with E-state index in [1.165, 1.54) is 0 Å². The van der Waals surface area contributed by atoms with Gasteiger partial charge in [-0.05, 0) is 31.5 Å². The summed E-state index contributed by atoms with van der Waals surface area (Å²) < 4.78 is 5.55. The molecule has 0 aromatic heterocycles. The van der Waals surface area contributed by atoms with Crippen LogP contribution in [0.1, 0.15) is 29.3 Å². The molecular formula is C16H19NO3. The van der Waals surface area contributed by atoms with E-state index in [2.05, 4.69) is 11.8 Å². The third kappa shape index (κ3) is 3.83. The lowest BCUT2D eigenvalue weighted by Gasteiger charge is -2.22. The molecule has 0 aliphatic carbocycles. The number of rotatable bonds is 1. The van der Waals surface area contributed by atoms with Crippen LogP contribution >= 0.6 is 0 Å². The van der Waals surface area contributed by atoms with Gasteiger partial charge in [0.25, 0.3) is 5.91 Å². The Morgan fingerprint density at radius 2 is 2.40 bits per heavy atom. The fourth-order valence-corrected chi connectivity index (χ4v) is 2.23. The van der Waals surface area contributed by atoms with Crippen molar-refractivity contribution in [3.63, 3.8) is 0 Å². The highest BCUT2D eigenvalue weighted by Crippen LogP contribution is 2.12. The van der Waals surface area contributed by atoms with Crippen LogP contribution in [0.5, 0.6) is 0 Å². The molecule has 1 amide bonds. The van der Waals surface area contributed by atoms with Crippen molar-refractivity contribution in [1.82, 2.24) is 4.90 Å². The van der Waals surface area contributed by atoms with Gasteiger partial charge in [-0.1, -0.05) is 17.9 Å². The number of nitrogens with zero attached hydrogens (tertiary/aromatic N) is 1. The van der Waals surface area contributed by atoms with E-state index in [4.69, 9.17) is 9.84 Å². The summed E-state index contributed by atoms with van der Waals surface area (Å²) in [6.45, 7) is 3.84. The van der Waals surface area contributed by atoms with Gasteiger partial charge in [0.1, 0.15) is 6.61 Å². The van der Waals surface area contributed by atoms with Gasteiger partial charge < -0.3 is 14.7 Å². The highest BCUT2D eigenvalue weighted by Gasteiger charge is 2.20. The Hall–Kier alpha value is -1.83. The molecular weight excluding hydrogens is 254 g/mol. The summed E-state index contributed by atoms with van der Waals surface area (Å²) in [6, 6.07) is 7.20. The smallest absolute Gasteiger partial charge is 0.253 e. The molecule has 1 aliphatic heterocycles. The van der Waals surface area contributed by atoms with Gasteiger partial charge in [0, 0.05) is 30.8 Å². The number of carbonyl (C=O) groups excluding carboxylic acids is 1. The molecule has 1 unspecified atom stereocenters. The van der Waals surface area contributed by atoms with E-state index in [0.717, 1.165) is 18.5 Å². The second-order valence-corrected chi connectivity index (χ2v) is 4.83. The van der Waals surface area contributed by atoms with E-state index < -0.39 is 0 Å². The first-order valence-electron chi connectivity index (χ1n) is 6.81. The van der Waals surface area contributed by atoms with Crippen LogP contribution in [0, 0.1) is 11.8 Å². The van der Waals surface area contributed by atoms with Crippen LogP contribution in [-0.2, 0) is 4.74 Å².